The molecule has 2 aromatic carbocycles. The molecule has 94 valence electrons. The van der Waals surface area contributed by atoms with Crippen LogP contribution in [0.2, 0.25) is 10.0 Å². The Balaban J connectivity index is 2.29. The molecule has 0 amide bonds. The molecule has 19 heavy (non-hydrogen) atoms. The highest BCUT2D eigenvalue weighted by molar-refractivity contribution is 6.39. The molecule has 0 bridgehead atoms. The SMILES string of the molecule is Oc1cccc2ccc(-c3c(Cl)cccc3Cl)nc12. The van der Waals surface area contributed by atoms with Crippen LogP contribution in [0.5, 0.6) is 5.75 Å². The average Bonchev–Trinajstić information content (AvgIpc) is 2.39. The van der Waals surface area contributed by atoms with Crippen LogP contribution in [0.15, 0.2) is 48.5 Å². The van der Waals surface area contributed by atoms with E-state index < -0.39 is 0 Å². The van der Waals surface area contributed by atoms with Crippen molar-refractivity contribution in [2.45, 2.75) is 0 Å². The number of phenols is 1. The normalized spacial score (nSPS) is 10.8. The van der Waals surface area contributed by atoms with Gasteiger partial charge in [-0.05, 0) is 24.3 Å². The highest BCUT2D eigenvalue weighted by Gasteiger charge is 2.11. The fourth-order valence-corrected chi connectivity index (χ4v) is 2.60. The Hall–Kier alpha value is -1.77. The highest BCUT2D eigenvalue weighted by Crippen LogP contribution is 2.35. The molecule has 3 rings (SSSR count). The van der Waals surface area contributed by atoms with E-state index in [0.717, 1.165) is 5.39 Å². The van der Waals surface area contributed by atoms with Gasteiger partial charge in [-0.3, -0.25) is 0 Å². The monoisotopic (exact) mass is 289 g/mol. The third-order valence-electron chi connectivity index (χ3n) is 2.92. The van der Waals surface area contributed by atoms with Gasteiger partial charge >= 0.3 is 0 Å². The van der Waals surface area contributed by atoms with Crippen molar-refractivity contribution in [3.8, 4) is 17.0 Å². The van der Waals surface area contributed by atoms with Gasteiger partial charge in [0.25, 0.3) is 0 Å². The molecule has 0 unspecified atom stereocenters. The van der Waals surface area contributed by atoms with Gasteiger partial charge in [0.1, 0.15) is 11.3 Å². The summed E-state index contributed by atoms with van der Waals surface area (Å²) in [6.45, 7) is 0. The molecule has 0 spiro atoms. The third-order valence-corrected chi connectivity index (χ3v) is 3.55. The van der Waals surface area contributed by atoms with Crippen molar-refractivity contribution in [2.75, 3.05) is 0 Å². The number of rotatable bonds is 1. The van der Waals surface area contributed by atoms with Crippen LogP contribution in [-0.2, 0) is 0 Å². The number of pyridine rings is 1. The molecule has 3 aromatic rings. The lowest BCUT2D eigenvalue weighted by Gasteiger charge is -2.08. The molecular formula is C15H9Cl2NO. The minimum Gasteiger partial charge on any atom is -0.506 e. The van der Waals surface area contributed by atoms with Gasteiger partial charge in [0.05, 0.1) is 15.7 Å². The minimum absolute atomic E-state index is 0.141. The van der Waals surface area contributed by atoms with Crippen LogP contribution in [0.4, 0.5) is 0 Å². The number of phenolic OH excluding ortho intramolecular Hbond substituents is 1. The molecule has 0 radical (unpaired) electrons. The Kier molecular flexibility index (Phi) is 3.05. The van der Waals surface area contributed by atoms with Gasteiger partial charge in [-0.15, -0.1) is 0 Å². The Morgan fingerprint density at radius 3 is 2.26 bits per heavy atom. The van der Waals surface area contributed by atoms with E-state index in [1.165, 1.54) is 0 Å². The maximum Gasteiger partial charge on any atom is 0.141 e. The second-order valence-corrected chi connectivity index (χ2v) is 4.96. The zero-order valence-corrected chi connectivity index (χ0v) is 11.3. The fourth-order valence-electron chi connectivity index (χ4n) is 2.01. The lowest BCUT2D eigenvalue weighted by atomic mass is 10.1. The number of nitrogens with zero attached hydrogens (tertiary/aromatic N) is 1. The van der Waals surface area contributed by atoms with E-state index in [9.17, 15) is 5.11 Å². The summed E-state index contributed by atoms with van der Waals surface area (Å²) in [5.41, 5.74) is 1.86. The van der Waals surface area contributed by atoms with Crippen LogP contribution >= 0.6 is 23.2 Å². The summed E-state index contributed by atoms with van der Waals surface area (Å²) < 4.78 is 0. The second kappa shape index (κ2) is 4.72. The van der Waals surface area contributed by atoms with E-state index >= 15 is 0 Å². The summed E-state index contributed by atoms with van der Waals surface area (Å²) >= 11 is 12.3. The number of fused-ring (bicyclic) bond motifs is 1. The predicted octanol–water partition coefficient (Wildman–Crippen LogP) is 4.91. The Labute approximate surface area is 120 Å². The zero-order chi connectivity index (χ0) is 13.4. The number of halogens is 2. The van der Waals surface area contributed by atoms with Crippen molar-refractivity contribution >= 4 is 34.1 Å². The van der Waals surface area contributed by atoms with Crippen LogP contribution < -0.4 is 0 Å². The van der Waals surface area contributed by atoms with Crippen LogP contribution in [-0.4, -0.2) is 10.1 Å². The molecule has 0 atom stereocenters. The molecule has 1 heterocycles. The maximum absolute atomic E-state index is 9.85. The van der Waals surface area contributed by atoms with Gasteiger partial charge in [-0.1, -0.05) is 47.5 Å². The first-order valence-corrected chi connectivity index (χ1v) is 6.45. The van der Waals surface area contributed by atoms with Crippen LogP contribution in [0.1, 0.15) is 0 Å². The van der Waals surface area contributed by atoms with E-state index in [-0.39, 0.29) is 5.75 Å². The molecule has 0 aliphatic carbocycles. The van der Waals surface area contributed by atoms with Gasteiger partial charge in [-0.25, -0.2) is 4.98 Å². The smallest absolute Gasteiger partial charge is 0.141 e. The van der Waals surface area contributed by atoms with Crippen LogP contribution in [0, 0.1) is 0 Å². The first-order valence-electron chi connectivity index (χ1n) is 5.70. The van der Waals surface area contributed by atoms with Gasteiger partial charge < -0.3 is 5.11 Å². The van der Waals surface area contributed by atoms with Crippen molar-refractivity contribution in [3.63, 3.8) is 0 Å². The minimum atomic E-state index is 0.141. The fraction of sp³-hybridized carbons (Fsp3) is 0. The zero-order valence-electron chi connectivity index (χ0n) is 9.77. The molecular weight excluding hydrogens is 281 g/mol. The Bertz CT molecular complexity index is 751. The topological polar surface area (TPSA) is 33.1 Å². The summed E-state index contributed by atoms with van der Waals surface area (Å²) in [5, 5.41) is 11.8. The molecule has 1 N–H and O–H groups in total. The molecule has 0 fully saturated rings. The van der Waals surface area contributed by atoms with Gasteiger partial charge in [0, 0.05) is 10.9 Å². The second-order valence-electron chi connectivity index (χ2n) is 4.14. The van der Waals surface area contributed by atoms with Crippen LogP contribution in [0.25, 0.3) is 22.2 Å². The first-order chi connectivity index (χ1) is 9.16. The van der Waals surface area contributed by atoms with E-state index in [1.807, 2.05) is 18.2 Å². The largest absolute Gasteiger partial charge is 0.506 e. The highest BCUT2D eigenvalue weighted by atomic mass is 35.5. The standard InChI is InChI=1S/C15H9Cl2NO/c16-10-4-2-5-11(17)14(10)12-8-7-9-3-1-6-13(19)15(9)18-12/h1-8,19H. The van der Waals surface area contributed by atoms with Crippen molar-refractivity contribution in [1.82, 2.24) is 4.98 Å². The summed E-state index contributed by atoms with van der Waals surface area (Å²) in [6, 6.07) is 14.3. The lowest BCUT2D eigenvalue weighted by Crippen LogP contribution is -1.88. The summed E-state index contributed by atoms with van der Waals surface area (Å²) in [7, 11) is 0. The molecule has 0 aliphatic heterocycles. The quantitative estimate of drug-likeness (QED) is 0.690. The molecule has 0 saturated carbocycles. The number of para-hydroxylation sites is 1. The van der Waals surface area contributed by atoms with Gasteiger partial charge in [0.15, 0.2) is 0 Å². The Morgan fingerprint density at radius 1 is 0.842 bits per heavy atom. The molecule has 1 aromatic heterocycles. The molecule has 4 heteroatoms. The van der Waals surface area contributed by atoms with Gasteiger partial charge in [0.2, 0.25) is 0 Å². The van der Waals surface area contributed by atoms with Crippen molar-refractivity contribution < 1.29 is 5.11 Å². The van der Waals surface area contributed by atoms with E-state index in [1.54, 1.807) is 30.3 Å². The molecule has 0 aliphatic rings. The van der Waals surface area contributed by atoms with Crippen molar-refractivity contribution in [2.24, 2.45) is 0 Å². The van der Waals surface area contributed by atoms with Crippen molar-refractivity contribution in [1.29, 1.82) is 0 Å². The number of hydrogen-bond donors (Lipinski definition) is 1. The first kappa shape index (κ1) is 12.3. The van der Waals surface area contributed by atoms with Gasteiger partial charge in [-0.2, -0.15) is 0 Å². The number of benzene rings is 2. The average molecular weight is 290 g/mol. The van der Waals surface area contributed by atoms with Crippen molar-refractivity contribution in [3.05, 3.63) is 58.6 Å². The lowest BCUT2D eigenvalue weighted by molar-refractivity contribution is 0.480. The van der Waals surface area contributed by atoms with E-state index in [4.69, 9.17) is 23.2 Å². The van der Waals surface area contributed by atoms with Crippen LogP contribution in [0.3, 0.4) is 0 Å². The molecule has 0 saturated heterocycles. The van der Waals surface area contributed by atoms with E-state index in [2.05, 4.69) is 4.98 Å². The molecule has 2 nitrogen and oxygen atoms in total. The number of hydrogen-bond acceptors (Lipinski definition) is 2. The summed E-state index contributed by atoms with van der Waals surface area (Å²) in [6.07, 6.45) is 0. The number of aromatic hydroxyl groups is 1. The number of aromatic nitrogens is 1. The summed E-state index contributed by atoms with van der Waals surface area (Å²) in [5.74, 6) is 0.141. The Morgan fingerprint density at radius 2 is 1.53 bits per heavy atom. The summed E-state index contributed by atoms with van der Waals surface area (Å²) in [4.78, 5) is 4.45. The maximum atomic E-state index is 9.85. The third kappa shape index (κ3) is 2.14. The predicted molar refractivity (Wildman–Crippen MR) is 78.9 cm³/mol. The van der Waals surface area contributed by atoms with E-state index in [0.29, 0.717) is 26.8 Å².